The van der Waals surface area contributed by atoms with E-state index in [1.165, 1.54) is 128 Å². The van der Waals surface area contributed by atoms with Crippen molar-refractivity contribution in [3.8, 4) is 0 Å². The number of hydrogen-bond donors (Lipinski definition) is 0. The summed E-state index contributed by atoms with van der Waals surface area (Å²) in [4.78, 5) is 12.3. The standard InChI is InChI=1S/C41H56BN3/c1-5-20-40(21-6-1)26-13-10-14-27-35(26)42-36-28(40)15-11-19-33(36)45-38-34-25(24-29(37(38)42)41(27)22-7-2-8-23-41)12-9-18-32(34)44-31-17-4-3-16-30(31)43-39(44)45/h10,13-14,25,28-34,36-38H,1-9,11-12,15-24H2. The first kappa shape index (κ1) is 26.5. The molecule has 11 atom stereocenters. The van der Waals surface area contributed by atoms with Gasteiger partial charge in [-0.1, -0.05) is 87.9 Å². The van der Waals surface area contributed by atoms with E-state index in [0.29, 0.717) is 16.9 Å². The van der Waals surface area contributed by atoms with Gasteiger partial charge in [-0.15, -0.1) is 0 Å². The monoisotopic (exact) mass is 601 g/mol. The number of rotatable bonds is 0. The lowest BCUT2D eigenvalue weighted by molar-refractivity contribution is -0.0914. The van der Waals surface area contributed by atoms with Crippen LogP contribution >= 0.6 is 0 Å². The zero-order valence-electron chi connectivity index (χ0n) is 27.9. The molecule has 1 aromatic rings. The second-order valence-electron chi connectivity index (χ2n) is 18.8. The van der Waals surface area contributed by atoms with Gasteiger partial charge < -0.3 is 9.80 Å². The fraction of sp³-hybridized carbons (Fsp3) is 0.829. The zero-order valence-corrected chi connectivity index (χ0v) is 27.9. The number of nitrogens with zero attached hydrogens (tertiary/aromatic N) is 3. The maximum Gasteiger partial charge on any atom is 0.198 e. The summed E-state index contributed by atoms with van der Waals surface area (Å²) >= 11 is 0. The lowest BCUT2D eigenvalue weighted by atomic mass is 9.13. The number of benzene rings is 1. The fourth-order valence-electron chi connectivity index (χ4n) is 17.0. The Labute approximate surface area is 272 Å². The van der Waals surface area contributed by atoms with Crippen LogP contribution in [0, 0.1) is 23.7 Å². The Balaban J connectivity index is 1.14. The van der Waals surface area contributed by atoms with Crippen LogP contribution in [0.4, 0.5) is 0 Å². The first-order chi connectivity index (χ1) is 22.3. The molecule has 0 radical (unpaired) electrons. The summed E-state index contributed by atoms with van der Waals surface area (Å²) in [7, 11) is 0. The third kappa shape index (κ3) is 3.05. The van der Waals surface area contributed by atoms with Crippen molar-refractivity contribution < 1.29 is 0 Å². The molecule has 5 aliphatic heterocycles. The molecule has 0 aromatic heterocycles. The van der Waals surface area contributed by atoms with E-state index in [2.05, 4.69) is 28.0 Å². The first-order valence-electron chi connectivity index (χ1n) is 20.6. The smallest absolute Gasteiger partial charge is 0.198 e. The molecule has 1 aromatic carbocycles. The predicted molar refractivity (Wildman–Crippen MR) is 184 cm³/mol. The third-order valence-electron chi connectivity index (χ3n) is 17.9. The quantitative estimate of drug-likeness (QED) is 0.279. The highest BCUT2D eigenvalue weighted by molar-refractivity contribution is 6.78. The molecule has 4 heteroatoms. The second-order valence-corrected chi connectivity index (χ2v) is 18.8. The molecule has 0 N–H and O–H groups in total. The Bertz CT molecular complexity index is 1440. The summed E-state index contributed by atoms with van der Waals surface area (Å²) in [6, 6.07) is 11.8. The fourth-order valence-corrected chi connectivity index (χ4v) is 17.0. The van der Waals surface area contributed by atoms with Gasteiger partial charge in [0.05, 0.1) is 12.1 Å². The summed E-state index contributed by atoms with van der Waals surface area (Å²) in [5, 5.41) is 0. The molecule has 11 unspecified atom stereocenters. The molecule has 6 aliphatic carbocycles. The van der Waals surface area contributed by atoms with Gasteiger partial charge >= 0.3 is 0 Å². The molecule has 45 heavy (non-hydrogen) atoms. The maximum atomic E-state index is 5.94. The van der Waals surface area contributed by atoms with Crippen molar-refractivity contribution in [1.29, 1.82) is 0 Å². The van der Waals surface area contributed by atoms with Crippen LogP contribution in [0.25, 0.3) is 0 Å². The van der Waals surface area contributed by atoms with Crippen LogP contribution in [-0.4, -0.2) is 52.7 Å². The summed E-state index contributed by atoms with van der Waals surface area (Å²) in [6.07, 6.45) is 30.9. The van der Waals surface area contributed by atoms with E-state index in [1.54, 1.807) is 12.4 Å². The van der Waals surface area contributed by atoms with Crippen molar-refractivity contribution >= 4 is 18.1 Å². The number of fused-ring (bicyclic) bond motifs is 10. The van der Waals surface area contributed by atoms with E-state index in [1.807, 2.05) is 16.6 Å². The molecule has 0 bridgehead atoms. The summed E-state index contributed by atoms with van der Waals surface area (Å²) in [5.74, 6) is 7.02. The molecule has 2 spiro atoms. The van der Waals surface area contributed by atoms with Crippen LogP contribution in [0.15, 0.2) is 23.2 Å². The van der Waals surface area contributed by atoms with Gasteiger partial charge in [-0.2, -0.15) is 0 Å². The predicted octanol–water partition coefficient (Wildman–Crippen LogP) is 8.21. The largest absolute Gasteiger partial charge is 0.337 e. The van der Waals surface area contributed by atoms with Gasteiger partial charge in [-0.25, -0.2) is 4.99 Å². The Hall–Kier alpha value is -1.45. The molecule has 238 valence electrons. The minimum atomic E-state index is 0.459. The summed E-state index contributed by atoms with van der Waals surface area (Å²) in [6.45, 7) is 0.845. The lowest BCUT2D eigenvalue weighted by Crippen LogP contribution is -2.81. The van der Waals surface area contributed by atoms with E-state index in [4.69, 9.17) is 4.99 Å². The summed E-state index contributed by atoms with van der Waals surface area (Å²) in [5.41, 5.74) is 6.82. The Morgan fingerprint density at radius 3 is 2.11 bits per heavy atom. The number of guanidine groups is 1. The third-order valence-corrected chi connectivity index (χ3v) is 17.9. The summed E-state index contributed by atoms with van der Waals surface area (Å²) < 4.78 is 0. The lowest BCUT2D eigenvalue weighted by Gasteiger charge is -2.75. The van der Waals surface area contributed by atoms with Crippen molar-refractivity contribution in [2.24, 2.45) is 28.7 Å². The van der Waals surface area contributed by atoms with Crippen LogP contribution in [0.2, 0.25) is 11.6 Å². The van der Waals surface area contributed by atoms with E-state index in [0.717, 1.165) is 66.2 Å². The van der Waals surface area contributed by atoms with Crippen LogP contribution in [0.3, 0.4) is 0 Å². The van der Waals surface area contributed by atoms with Gasteiger partial charge in [0.1, 0.15) is 0 Å². The number of aliphatic imine (C=N–C) groups is 1. The molecule has 0 amide bonds. The Kier molecular flexibility index (Phi) is 5.40. The highest BCUT2D eigenvalue weighted by Crippen LogP contribution is 2.71. The van der Waals surface area contributed by atoms with Crippen molar-refractivity contribution in [3.05, 3.63) is 29.3 Å². The highest BCUT2D eigenvalue weighted by atomic mass is 15.5. The Morgan fingerprint density at radius 1 is 0.622 bits per heavy atom. The molecule has 12 rings (SSSR count). The molecule has 2 saturated heterocycles. The second kappa shape index (κ2) is 9.16. The van der Waals surface area contributed by atoms with Crippen LogP contribution in [-0.2, 0) is 10.8 Å². The van der Waals surface area contributed by atoms with Gasteiger partial charge in [0.15, 0.2) is 12.7 Å². The first-order valence-corrected chi connectivity index (χ1v) is 20.6. The van der Waals surface area contributed by atoms with Gasteiger partial charge in [-0.05, 0) is 122 Å². The van der Waals surface area contributed by atoms with Crippen LogP contribution in [0.5, 0.6) is 0 Å². The van der Waals surface area contributed by atoms with Crippen LogP contribution < -0.4 is 5.46 Å². The molecular weight excluding hydrogens is 545 g/mol. The normalized spacial score (nSPS) is 47.2. The van der Waals surface area contributed by atoms with Gasteiger partial charge in [0.2, 0.25) is 0 Å². The van der Waals surface area contributed by atoms with Gasteiger partial charge in [-0.3, -0.25) is 0 Å². The molecule has 5 heterocycles. The van der Waals surface area contributed by atoms with Crippen molar-refractivity contribution in [2.45, 2.75) is 188 Å². The van der Waals surface area contributed by atoms with Crippen molar-refractivity contribution in [1.82, 2.24) is 9.80 Å². The van der Waals surface area contributed by atoms with Crippen molar-refractivity contribution in [2.75, 3.05) is 0 Å². The topological polar surface area (TPSA) is 18.8 Å². The van der Waals surface area contributed by atoms with Gasteiger partial charge in [0, 0.05) is 24.0 Å². The Morgan fingerprint density at radius 2 is 1.31 bits per heavy atom. The zero-order chi connectivity index (χ0) is 29.1. The molecule has 11 aliphatic rings. The van der Waals surface area contributed by atoms with Crippen LogP contribution in [0.1, 0.15) is 146 Å². The van der Waals surface area contributed by atoms with E-state index in [-0.39, 0.29) is 0 Å². The molecule has 3 nitrogen and oxygen atoms in total. The van der Waals surface area contributed by atoms with E-state index >= 15 is 0 Å². The van der Waals surface area contributed by atoms with Crippen molar-refractivity contribution in [3.63, 3.8) is 0 Å². The minimum absolute atomic E-state index is 0.459. The van der Waals surface area contributed by atoms with E-state index < -0.39 is 0 Å². The maximum absolute atomic E-state index is 5.94. The number of hydrogen-bond acceptors (Lipinski definition) is 3. The minimum Gasteiger partial charge on any atom is -0.337 e. The molecule has 8 fully saturated rings. The van der Waals surface area contributed by atoms with E-state index in [9.17, 15) is 0 Å². The average Bonchev–Trinajstić information content (AvgIpc) is 3.49. The molecular formula is C41H56BN3. The van der Waals surface area contributed by atoms with Gasteiger partial charge in [0.25, 0.3) is 0 Å². The SMILES string of the molecule is c1cc2c3c(c1)C1(CCCCC1)C1CC4CCCC5C4C4C1B3C1C(CCCC1C21CCCCC1)N4C1=NC2CCCCC2N15. The molecule has 6 saturated carbocycles. The average molecular weight is 602 g/mol. The highest BCUT2D eigenvalue weighted by Gasteiger charge is 2.73.